The number of rotatable bonds is 8. The standard InChI is InChI=1S/C23H22F3N3O2/c24-23(25,26)19-6-1-4-16(13-19)12-17-8-10-27-21(14-17)29-20-7-2-5-18(15-20)22(31)28-9-3-11-30/h1-2,4-8,10,13-15,30H,3,9,11-12H2,(H,27,29)(H,28,31). The van der Waals surface area contributed by atoms with Gasteiger partial charge in [0.1, 0.15) is 5.82 Å². The molecule has 0 unspecified atom stereocenters. The topological polar surface area (TPSA) is 74.2 Å². The zero-order chi connectivity index (χ0) is 22.3. The van der Waals surface area contributed by atoms with E-state index in [1.807, 2.05) is 0 Å². The molecule has 0 fully saturated rings. The zero-order valence-electron chi connectivity index (χ0n) is 16.6. The minimum atomic E-state index is -4.38. The summed E-state index contributed by atoms with van der Waals surface area (Å²) in [5, 5.41) is 14.6. The summed E-state index contributed by atoms with van der Waals surface area (Å²) in [6, 6.07) is 15.6. The first-order valence-electron chi connectivity index (χ1n) is 9.72. The molecule has 8 heteroatoms. The number of pyridine rings is 1. The Balaban J connectivity index is 1.70. The number of amides is 1. The molecule has 1 aromatic heterocycles. The van der Waals surface area contributed by atoms with Gasteiger partial charge in [0.05, 0.1) is 5.56 Å². The number of aliphatic hydroxyl groups is 1. The normalized spacial score (nSPS) is 11.2. The Bertz CT molecular complexity index is 1040. The van der Waals surface area contributed by atoms with Crippen molar-refractivity contribution in [3.8, 4) is 0 Å². The number of carbonyl (C=O) groups is 1. The monoisotopic (exact) mass is 429 g/mol. The van der Waals surface area contributed by atoms with Crippen LogP contribution in [-0.4, -0.2) is 29.1 Å². The van der Waals surface area contributed by atoms with Crippen LogP contribution in [0.25, 0.3) is 0 Å². The van der Waals surface area contributed by atoms with Gasteiger partial charge >= 0.3 is 6.18 Å². The number of anilines is 2. The van der Waals surface area contributed by atoms with E-state index in [0.29, 0.717) is 42.0 Å². The number of nitrogens with one attached hydrogen (secondary N) is 2. The fourth-order valence-electron chi connectivity index (χ4n) is 3.02. The predicted octanol–water partition coefficient (Wildman–Crippen LogP) is 4.55. The van der Waals surface area contributed by atoms with E-state index in [-0.39, 0.29) is 12.5 Å². The maximum atomic E-state index is 12.9. The molecule has 0 aliphatic carbocycles. The molecule has 5 nitrogen and oxygen atoms in total. The molecule has 162 valence electrons. The number of benzene rings is 2. The number of aromatic nitrogens is 1. The molecule has 1 amide bonds. The fourth-order valence-corrected chi connectivity index (χ4v) is 3.02. The number of halogens is 3. The molecule has 31 heavy (non-hydrogen) atoms. The third-order valence-electron chi connectivity index (χ3n) is 4.50. The second kappa shape index (κ2) is 10.1. The van der Waals surface area contributed by atoms with Gasteiger partial charge in [0.25, 0.3) is 5.91 Å². The van der Waals surface area contributed by atoms with Crippen LogP contribution in [0.4, 0.5) is 24.7 Å². The first kappa shape index (κ1) is 22.3. The van der Waals surface area contributed by atoms with Gasteiger partial charge in [-0.25, -0.2) is 4.98 Å². The van der Waals surface area contributed by atoms with E-state index in [4.69, 9.17) is 5.11 Å². The maximum Gasteiger partial charge on any atom is 0.416 e. The van der Waals surface area contributed by atoms with Crippen LogP contribution in [-0.2, 0) is 12.6 Å². The molecule has 0 aliphatic rings. The summed E-state index contributed by atoms with van der Waals surface area (Å²) in [4.78, 5) is 16.4. The second-order valence-corrected chi connectivity index (χ2v) is 6.96. The number of aliphatic hydroxyl groups excluding tert-OH is 1. The molecule has 0 saturated heterocycles. The highest BCUT2D eigenvalue weighted by atomic mass is 19.4. The average Bonchev–Trinajstić information content (AvgIpc) is 2.74. The Kier molecular flexibility index (Phi) is 7.25. The van der Waals surface area contributed by atoms with Crippen LogP contribution in [0.5, 0.6) is 0 Å². The average molecular weight is 429 g/mol. The number of hydrogen-bond donors (Lipinski definition) is 3. The number of alkyl halides is 3. The van der Waals surface area contributed by atoms with Crippen molar-refractivity contribution in [2.75, 3.05) is 18.5 Å². The molecule has 1 heterocycles. The van der Waals surface area contributed by atoms with Gasteiger partial charge in [-0.15, -0.1) is 0 Å². The molecule has 3 rings (SSSR count). The summed E-state index contributed by atoms with van der Waals surface area (Å²) in [5.41, 5.74) is 1.79. The van der Waals surface area contributed by atoms with Crippen molar-refractivity contribution >= 4 is 17.4 Å². The molecule has 2 aromatic carbocycles. The lowest BCUT2D eigenvalue weighted by molar-refractivity contribution is -0.137. The zero-order valence-corrected chi connectivity index (χ0v) is 16.6. The molecule has 0 spiro atoms. The van der Waals surface area contributed by atoms with E-state index in [2.05, 4.69) is 15.6 Å². The molecule has 3 aromatic rings. The van der Waals surface area contributed by atoms with Gasteiger partial charge in [0.2, 0.25) is 0 Å². The van der Waals surface area contributed by atoms with E-state index in [0.717, 1.165) is 17.7 Å². The van der Waals surface area contributed by atoms with Gasteiger partial charge in [-0.05, 0) is 60.4 Å². The Morgan fingerprint density at radius 3 is 2.55 bits per heavy atom. The smallest absolute Gasteiger partial charge is 0.396 e. The first-order chi connectivity index (χ1) is 14.8. The largest absolute Gasteiger partial charge is 0.416 e. The quantitative estimate of drug-likeness (QED) is 0.460. The number of hydrogen-bond acceptors (Lipinski definition) is 4. The van der Waals surface area contributed by atoms with E-state index < -0.39 is 11.7 Å². The van der Waals surface area contributed by atoms with Gasteiger partial charge in [0.15, 0.2) is 0 Å². The highest BCUT2D eigenvalue weighted by molar-refractivity contribution is 5.95. The summed E-state index contributed by atoms with van der Waals surface area (Å²) in [5.74, 6) is 0.269. The van der Waals surface area contributed by atoms with E-state index in [1.54, 1.807) is 48.7 Å². The second-order valence-electron chi connectivity index (χ2n) is 6.96. The first-order valence-corrected chi connectivity index (χ1v) is 9.72. The van der Waals surface area contributed by atoms with Crippen molar-refractivity contribution in [1.29, 1.82) is 0 Å². The molecule has 0 radical (unpaired) electrons. The van der Waals surface area contributed by atoms with Crippen molar-refractivity contribution in [3.05, 3.63) is 89.1 Å². The predicted molar refractivity (Wildman–Crippen MR) is 112 cm³/mol. The molecule has 0 bridgehead atoms. The van der Waals surface area contributed by atoms with Crippen molar-refractivity contribution in [2.24, 2.45) is 0 Å². The lowest BCUT2D eigenvalue weighted by atomic mass is 10.0. The molecule has 3 N–H and O–H groups in total. The van der Waals surface area contributed by atoms with E-state index in [1.165, 1.54) is 6.07 Å². The summed E-state index contributed by atoms with van der Waals surface area (Å²) < 4.78 is 38.8. The van der Waals surface area contributed by atoms with Crippen LogP contribution in [0.15, 0.2) is 66.9 Å². The summed E-state index contributed by atoms with van der Waals surface area (Å²) in [6.07, 6.45) is -1.99. The number of nitrogens with zero attached hydrogens (tertiary/aromatic N) is 1. The molecular formula is C23H22F3N3O2. The summed E-state index contributed by atoms with van der Waals surface area (Å²) in [6.45, 7) is 0.385. The van der Waals surface area contributed by atoms with E-state index >= 15 is 0 Å². The van der Waals surface area contributed by atoms with Crippen LogP contribution in [0, 0.1) is 0 Å². The van der Waals surface area contributed by atoms with Crippen molar-refractivity contribution in [3.63, 3.8) is 0 Å². The fraction of sp³-hybridized carbons (Fsp3) is 0.217. The SMILES string of the molecule is O=C(NCCCO)c1cccc(Nc2cc(Cc3cccc(C(F)(F)F)c3)ccn2)c1. The highest BCUT2D eigenvalue weighted by Crippen LogP contribution is 2.30. The maximum absolute atomic E-state index is 12.9. The van der Waals surface area contributed by atoms with Crippen molar-refractivity contribution in [2.45, 2.75) is 19.0 Å². The third-order valence-corrected chi connectivity index (χ3v) is 4.50. The minimum Gasteiger partial charge on any atom is -0.396 e. The van der Waals surface area contributed by atoms with E-state index in [9.17, 15) is 18.0 Å². The lowest BCUT2D eigenvalue weighted by Gasteiger charge is -2.11. The van der Waals surface area contributed by atoms with Gasteiger partial charge in [0, 0.05) is 30.6 Å². The molecule has 0 atom stereocenters. The van der Waals surface area contributed by atoms with Crippen molar-refractivity contribution in [1.82, 2.24) is 10.3 Å². The minimum absolute atomic E-state index is 0.00435. The Hall–Kier alpha value is -3.39. The van der Waals surface area contributed by atoms with Crippen LogP contribution < -0.4 is 10.6 Å². The molecular weight excluding hydrogens is 407 g/mol. The summed E-state index contributed by atoms with van der Waals surface area (Å²) in [7, 11) is 0. The molecule has 0 aliphatic heterocycles. The third kappa shape index (κ3) is 6.55. The van der Waals surface area contributed by atoms with Crippen LogP contribution >= 0.6 is 0 Å². The Labute approximate surface area is 178 Å². The van der Waals surface area contributed by atoms with Gasteiger partial charge < -0.3 is 15.7 Å². The lowest BCUT2D eigenvalue weighted by Crippen LogP contribution is -2.25. The van der Waals surface area contributed by atoms with Crippen LogP contribution in [0.2, 0.25) is 0 Å². The Morgan fingerprint density at radius 2 is 1.77 bits per heavy atom. The highest BCUT2D eigenvalue weighted by Gasteiger charge is 2.30. The Morgan fingerprint density at radius 1 is 1.00 bits per heavy atom. The van der Waals surface area contributed by atoms with Gasteiger partial charge in [-0.2, -0.15) is 13.2 Å². The van der Waals surface area contributed by atoms with Gasteiger partial charge in [-0.1, -0.05) is 24.3 Å². The van der Waals surface area contributed by atoms with Gasteiger partial charge in [-0.3, -0.25) is 4.79 Å². The van der Waals surface area contributed by atoms with Crippen molar-refractivity contribution < 1.29 is 23.1 Å². The van der Waals surface area contributed by atoms with Crippen LogP contribution in [0.3, 0.4) is 0 Å². The molecule has 0 saturated carbocycles. The van der Waals surface area contributed by atoms with Crippen LogP contribution in [0.1, 0.15) is 33.5 Å². The summed E-state index contributed by atoms with van der Waals surface area (Å²) >= 11 is 0. The number of carbonyl (C=O) groups excluding carboxylic acids is 1.